The average Bonchev–Trinajstić information content (AvgIpc) is 2.01. The highest BCUT2D eigenvalue weighted by Crippen LogP contribution is 2.07. The van der Waals surface area contributed by atoms with Crippen molar-refractivity contribution in [2.45, 2.75) is 33.7 Å². The van der Waals surface area contributed by atoms with Crippen molar-refractivity contribution in [2.75, 3.05) is 6.61 Å². The fraction of sp³-hybridized carbons (Fsp3) is 0.700. The molecule has 0 radical (unpaired) electrons. The fourth-order valence-corrected chi connectivity index (χ4v) is 1.43. The predicted octanol–water partition coefficient (Wildman–Crippen LogP) is 0.915. The highest BCUT2D eigenvalue weighted by molar-refractivity contribution is 6.01. The van der Waals surface area contributed by atoms with Gasteiger partial charge >= 0.3 is 6.09 Å². The number of rotatable bonds is 5. The number of Topliss-reactive ketones (excluding diaryl/α,β-unsaturated/α-hetero) is 2. The molecule has 0 rings (SSSR count). The molecule has 0 aromatic rings. The van der Waals surface area contributed by atoms with Gasteiger partial charge in [-0.05, 0) is 27.7 Å². The lowest BCUT2D eigenvalue weighted by Crippen LogP contribution is -2.43. The van der Waals surface area contributed by atoms with Crippen LogP contribution in [0.2, 0.25) is 0 Å². The molecule has 0 aliphatic rings. The Labute approximate surface area is 89.2 Å². The Morgan fingerprint density at radius 1 is 1.20 bits per heavy atom. The van der Waals surface area contributed by atoms with Crippen LogP contribution in [0.3, 0.4) is 0 Å². The van der Waals surface area contributed by atoms with Gasteiger partial charge in [0.1, 0.15) is 11.6 Å². The molecule has 1 unspecified atom stereocenters. The van der Waals surface area contributed by atoms with Crippen LogP contribution in [0.4, 0.5) is 4.79 Å². The van der Waals surface area contributed by atoms with Crippen molar-refractivity contribution in [1.29, 1.82) is 0 Å². The summed E-state index contributed by atoms with van der Waals surface area (Å²) in [5.74, 6) is -1.31. The topological polar surface area (TPSA) is 72.5 Å². The zero-order valence-corrected chi connectivity index (χ0v) is 9.49. The molecule has 1 atom stereocenters. The second-order valence-corrected chi connectivity index (χ2v) is 3.35. The van der Waals surface area contributed by atoms with E-state index in [4.69, 9.17) is 0 Å². The van der Waals surface area contributed by atoms with Gasteiger partial charge in [-0.3, -0.25) is 9.59 Å². The number of carbonyl (C=O) groups is 3. The van der Waals surface area contributed by atoms with Crippen LogP contribution in [-0.4, -0.2) is 30.3 Å². The molecular weight excluding hydrogens is 198 g/mol. The highest BCUT2D eigenvalue weighted by atomic mass is 16.5. The maximum absolute atomic E-state index is 11.2. The zero-order chi connectivity index (χ0) is 12.0. The fourth-order valence-electron chi connectivity index (χ4n) is 1.43. The van der Waals surface area contributed by atoms with E-state index in [9.17, 15) is 14.4 Å². The van der Waals surface area contributed by atoms with E-state index in [1.54, 1.807) is 13.8 Å². The maximum Gasteiger partial charge on any atom is 0.407 e. The van der Waals surface area contributed by atoms with Crippen LogP contribution in [-0.2, 0) is 14.3 Å². The number of hydrogen-bond acceptors (Lipinski definition) is 4. The second kappa shape index (κ2) is 6.16. The van der Waals surface area contributed by atoms with E-state index >= 15 is 0 Å². The van der Waals surface area contributed by atoms with E-state index in [1.165, 1.54) is 13.8 Å². The van der Waals surface area contributed by atoms with Crippen LogP contribution >= 0.6 is 0 Å². The lowest BCUT2D eigenvalue weighted by molar-refractivity contribution is -0.131. The first-order valence-electron chi connectivity index (χ1n) is 4.84. The summed E-state index contributed by atoms with van der Waals surface area (Å²) in [4.78, 5) is 33.4. The van der Waals surface area contributed by atoms with Crippen molar-refractivity contribution in [3.8, 4) is 0 Å². The first-order valence-corrected chi connectivity index (χ1v) is 4.84. The van der Waals surface area contributed by atoms with Gasteiger partial charge in [-0.2, -0.15) is 0 Å². The van der Waals surface area contributed by atoms with Gasteiger partial charge in [-0.15, -0.1) is 0 Å². The van der Waals surface area contributed by atoms with E-state index in [0.717, 1.165) is 0 Å². The van der Waals surface area contributed by atoms with Gasteiger partial charge in [0.25, 0.3) is 0 Å². The lowest BCUT2D eigenvalue weighted by Gasteiger charge is -2.19. The number of nitrogens with one attached hydrogen (secondary N) is 1. The maximum atomic E-state index is 11.2. The van der Waals surface area contributed by atoms with E-state index in [2.05, 4.69) is 10.1 Å². The number of alkyl carbamates (subject to hydrolysis) is 1. The van der Waals surface area contributed by atoms with E-state index < -0.39 is 18.1 Å². The van der Waals surface area contributed by atoms with Gasteiger partial charge in [-0.1, -0.05) is 0 Å². The molecule has 0 aromatic carbocycles. The minimum atomic E-state index is -0.797. The van der Waals surface area contributed by atoms with Gasteiger partial charge in [0, 0.05) is 6.04 Å². The van der Waals surface area contributed by atoms with Crippen molar-refractivity contribution in [3.05, 3.63) is 0 Å². The smallest absolute Gasteiger partial charge is 0.407 e. The van der Waals surface area contributed by atoms with Crippen LogP contribution in [0.1, 0.15) is 27.7 Å². The Bertz CT molecular complexity index is 248. The standard InChI is InChI=1S/C10H17NO4/c1-5-15-10(14)11-6(2)9(7(3)12)8(4)13/h6,9H,5H2,1-4H3,(H,11,14). The molecule has 0 saturated heterocycles. The van der Waals surface area contributed by atoms with E-state index in [-0.39, 0.29) is 18.2 Å². The number of amides is 1. The Kier molecular flexibility index (Phi) is 5.59. The molecule has 0 aromatic heterocycles. The molecule has 0 saturated carbocycles. The zero-order valence-electron chi connectivity index (χ0n) is 9.49. The molecule has 0 heterocycles. The first kappa shape index (κ1) is 13.6. The molecule has 0 bridgehead atoms. The molecule has 0 fully saturated rings. The SMILES string of the molecule is CCOC(=O)NC(C)C(C(C)=O)C(C)=O. The molecule has 1 N–H and O–H groups in total. The summed E-state index contributed by atoms with van der Waals surface area (Å²) in [5.41, 5.74) is 0. The molecular formula is C10H17NO4. The number of carbonyl (C=O) groups excluding carboxylic acids is 3. The number of hydrogen-bond donors (Lipinski definition) is 1. The molecule has 0 spiro atoms. The van der Waals surface area contributed by atoms with Crippen molar-refractivity contribution in [1.82, 2.24) is 5.32 Å². The predicted molar refractivity (Wildman–Crippen MR) is 54.5 cm³/mol. The number of ketones is 2. The van der Waals surface area contributed by atoms with Crippen molar-refractivity contribution in [2.24, 2.45) is 5.92 Å². The summed E-state index contributed by atoms with van der Waals surface area (Å²) in [7, 11) is 0. The number of ether oxygens (including phenoxy) is 1. The summed E-state index contributed by atoms with van der Waals surface area (Å²) in [5, 5.41) is 2.44. The van der Waals surface area contributed by atoms with Crippen LogP contribution < -0.4 is 5.32 Å². The molecule has 5 heteroatoms. The van der Waals surface area contributed by atoms with Crippen LogP contribution in [0, 0.1) is 5.92 Å². The third kappa shape index (κ3) is 4.58. The first-order chi connectivity index (χ1) is 6.90. The van der Waals surface area contributed by atoms with Crippen molar-refractivity contribution >= 4 is 17.7 Å². The molecule has 86 valence electrons. The van der Waals surface area contributed by atoms with Crippen molar-refractivity contribution in [3.63, 3.8) is 0 Å². The van der Waals surface area contributed by atoms with Gasteiger partial charge in [0.2, 0.25) is 0 Å². The molecule has 5 nitrogen and oxygen atoms in total. The second-order valence-electron chi connectivity index (χ2n) is 3.35. The monoisotopic (exact) mass is 215 g/mol. The molecule has 0 aliphatic heterocycles. The normalized spacial score (nSPS) is 12.1. The third-order valence-corrected chi connectivity index (χ3v) is 2.00. The Morgan fingerprint density at radius 2 is 1.67 bits per heavy atom. The summed E-state index contributed by atoms with van der Waals surface area (Å²) in [6.45, 7) is 6.19. The summed E-state index contributed by atoms with van der Waals surface area (Å²) in [6.07, 6.45) is -0.613. The summed E-state index contributed by atoms with van der Waals surface area (Å²) in [6, 6.07) is -0.543. The molecule has 0 aliphatic carbocycles. The molecule has 1 amide bonds. The van der Waals surface area contributed by atoms with E-state index in [1.807, 2.05) is 0 Å². The Morgan fingerprint density at radius 3 is 2.00 bits per heavy atom. The minimum absolute atomic E-state index is 0.253. The van der Waals surface area contributed by atoms with Crippen LogP contribution in [0.25, 0.3) is 0 Å². The largest absolute Gasteiger partial charge is 0.450 e. The van der Waals surface area contributed by atoms with Crippen LogP contribution in [0.5, 0.6) is 0 Å². The average molecular weight is 215 g/mol. The minimum Gasteiger partial charge on any atom is -0.450 e. The highest BCUT2D eigenvalue weighted by Gasteiger charge is 2.27. The molecule has 15 heavy (non-hydrogen) atoms. The quantitative estimate of drug-likeness (QED) is 0.692. The lowest BCUT2D eigenvalue weighted by atomic mass is 9.93. The van der Waals surface area contributed by atoms with Crippen molar-refractivity contribution < 1.29 is 19.1 Å². The van der Waals surface area contributed by atoms with Gasteiger partial charge < -0.3 is 10.1 Å². The van der Waals surface area contributed by atoms with Gasteiger partial charge in [0.15, 0.2) is 0 Å². The van der Waals surface area contributed by atoms with Gasteiger partial charge in [0.05, 0.1) is 12.5 Å². The Hall–Kier alpha value is -1.39. The van der Waals surface area contributed by atoms with Crippen LogP contribution in [0.15, 0.2) is 0 Å². The Balaban J connectivity index is 4.39. The van der Waals surface area contributed by atoms with E-state index in [0.29, 0.717) is 0 Å². The third-order valence-electron chi connectivity index (χ3n) is 2.00. The summed E-state index contributed by atoms with van der Waals surface area (Å²) >= 11 is 0. The summed E-state index contributed by atoms with van der Waals surface area (Å²) < 4.78 is 4.65. The van der Waals surface area contributed by atoms with Gasteiger partial charge in [-0.25, -0.2) is 4.79 Å².